The Labute approximate surface area is 140 Å². The van der Waals surface area contributed by atoms with Crippen LogP contribution in [0.4, 0.5) is 5.69 Å². The molecule has 1 aromatic heterocycles. The summed E-state index contributed by atoms with van der Waals surface area (Å²) in [6.07, 6.45) is 4.02. The highest BCUT2D eigenvalue weighted by atomic mass is 16.1. The van der Waals surface area contributed by atoms with Crippen LogP contribution < -0.4 is 11.3 Å². The Hall–Kier alpha value is -2.88. The van der Waals surface area contributed by atoms with Gasteiger partial charge in [0.25, 0.3) is 5.56 Å². The van der Waals surface area contributed by atoms with Crippen LogP contribution in [0.2, 0.25) is 0 Å². The maximum absolute atomic E-state index is 12.8. The Bertz CT molecular complexity index is 1030. The summed E-state index contributed by atoms with van der Waals surface area (Å²) in [4.78, 5) is 17.5. The number of nitrogens with two attached hydrogens (primary N) is 1. The molecule has 3 aromatic rings. The Morgan fingerprint density at radius 1 is 1.21 bits per heavy atom. The smallest absolute Gasteiger partial charge is 0.261 e. The first kappa shape index (κ1) is 14.7. The zero-order chi connectivity index (χ0) is 16.7. The van der Waals surface area contributed by atoms with Crippen molar-refractivity contribution in [1.82, 2.24) is 9.55 Å². The number of aromatic nitrogens is 2. The average molecular weight is 317 g/mol. The van der Waals surface area contributed by atoms with Crippen LogP contribution in [0.3, 0.4) is 0 Å². The number of hydrogen-bond acceptors (Lipinski definition) is 3. The van der Waals surface area contributed by atoms with Gasteiger partial charge in [-0.1, -0.05) is 29.8 Å². The van der Waals surface area contributed by atoms with Gasteiger partial charge in [0.2, 0.25) is 0 Å². The van der Waals surface area contributed by atoms with Gasteiger partial charge in [0, 0.05) is 12.2 Å². The van der Waals surface area contributed by atoms with Crippen LogP contribution in [0, 0.1) is 6.92 Å². The molecule has 0 atom stereocenters. The van der Waals surface area contributed by atoms with E-state index >= 15 is 0 Å². The van der Waals surface area contributed by atoms with Crippen molar-refractivity contribution in [2.75, 3.05) is 5.73 Å². The number of fused-ring (bicyclic) bond motifs is 2. The number of nitrogens with zero attached hydrogens (tertiary/aromatic N) is 2. The van der Waals surface area contributed by atoms with Crippen LogP contribution >= 0.6 is 0 Å². The minimum absolute atomic E-state index is 0.0184. The molecular formula is C20H19N3O. The van der Waals surface area contributed by atoms with Crippen molar-refractivity contribution in [2.45, 2.75) is 26.3 Å². The molecule has 0 bridgehead atoms. The van der Waals surface area contributed by atoms with Gasteiger partial charge in [-0.2, -0.15) is 0 Å². The summed E-state index contributed by atoms with van der Waals surface area (Å²) < 4.78 is 1.80. The van der Waals surface area contributed by atoms with Gasteiger partial charge in [-0.3, -0.25) is 9.36 Å². The fourth-order valence-electron chi connectivity index (χ4n) is 3.33. The van der Waals surface area contributed by atoms with E-state index in [0.717, 1.165) is 29.8 Å². The Morgan fingerprint density at radius 3 is 2.92 bits per heavy atom. The molecule has 2 N–H and O–H groups in total. The quantitative estimate of drug-likeness (QED) is 0.697. The van der Waals surface area contributed by atoms with E-state index in [4.69, 9.17) is 10.7 Å². The largest absolute Gasteiger partial charge is 0.399 e. The number of allylic oxidation sites excluding steroid dienone is 1. The molecule has 120 valence electrons. The molecule has 1 aliphatic heterocycles. The van der Waals surface area contributed by atoms with Crippen LogP contribution in [0.25, 0.3) is 22.6 Å². The van der Waals surface area contributed by atoms with E-state index in [1.165, 1.54) is 5.56 Å². The Morgan fingerprint density at radius 2 is 2.08 bits per heavy atom. The highest BCUT2D eigenvalue weighted by molar-refractivity contribution is 5.85. The molecule has 24 heavy (non-hydrogen) atoms. The van der Waals surface area contributed by atoms with Gasteiger partial charge in [0.05, 0.1) is 10.9 Å². The minimum Gasteiger partial charge on any atom is -0.399 e. The van der Waals surface area contributed by atoms with Crippen molar-refractivity contribution >= 4 is 28.2 Å². The van der Waals surface area contributed by atoms with Crippen molar-refractivity contribution < 1.29 is 0 Å². The molecule has 0 fully saturated rings. The lowest BCUT2D eigenvalue weighted by Gasteiger charge is -2.21. The second-order valence-corrected chi connectivity index (χ2v) is 6.36. The minimum atomic E-state index is 0.0184. The highest BCUT2D eigenvalue weighted by Crippen LogP contribution is 2.27. The molecule has 2 heterocycles. The molecule has 4 nitrogen and oxygen atoms in total. The summed E-state index contributed by atoms with van der Waals surface area (Å²) in [6.45, 7) is 2.79. The zero-order valence-corrected chi connectivity index (χ0v) is 13.6. The van der Waals surface area contributed by atoms with Gasteiger partial charge in [-0.15, -0.1) is 0 Å². The van der Waals surface area contributed by atoms with Crippen molar-refractivity contribution in [3.63, 3.8) is 0 Å². The fraction of sp³-hybridized carbons (Fsp3) is 0.200. The van der Waals surface area contributed by atoms with Gasteiger partial charge in [0.15, 0.2) is 0 Å². The van der Waals surface area contributed by atoms with Crippen molar-refractivity contribution in [3.05, 3.63) is 69.8 Å². The van der Waals surface area contributed by atoms with Crippen LogP contribution in [0.1, 0.15) is 29.8 Å². The molecule has 0 amide bonds. The summed E-state index contributed by atoms with van der Waals surface area (Å²) in [5.74, 6) is 0.769. The van der Waals surface area contributed by atoms with Gasteiger partial charge < -0.3 is 5.73 Å². The number of aryl methyl sites for hydroxylation is 1. The summed E-state index contributed by atoms with van der Waals surface area (Å²) in [5.41, 5.74) is 10.6. The molecule has 0 radical (unpaired) electrons. The standard InChI is InChI=1S/C20H19N3O/c1-13-4-2-5-14(10-13)11-15-6-3-9-23-19(15)22-18-12-16(21)7-8-17(18)20(23)24/h2,4-5,7-8,10-12H,3,6,9,21H2,1H3/b15-11+. The number of nitrogen functional groups attached to an aromatic ring is 1. The second kappa shape index (κ2) is 5.64. The lowest BCUT2D eigenvalue weighted by atomic mass is 10.0. The summed E-state index contributed by atoms with van der Waals surface area (Å²) in [7, 11) is 0. The molecule has 4 rings (SSSR count). The van der Waals surface area contributed by atoms with E-state index in [9.17, 15) is 4.79 Å². The van der Waals surface area contributed by atoms with Crippen LogP contribution in [0.5, 0.6) is 0 Å². The van der Waals surface area contributed by atoms with Gasteiger partial charge in [0.1, 0.15) is 5.82 Å². The predicted molar refractivity (Wildman–Crippen MR) is 98.7 cm³/mol. The van der Waals surface area contributed by atoms with E-state index in [1.807, 2.05) is 6.07 Å². The highest BCUT2D eigenvalue weighted by Gasteiger charge is 2.18. The molecule has 0 aliphatic carbocycles. The monoisotopic (exact) mass is 317 g/mol. The Balaban J connectivity index is 1.94. The fourth-order valence-corrected chi connectivity index (χ4v) is 3.33. The molecule has 4 heteroatoms. The van der Waals surface area contributed by atoms with E-state index in [2.05, 4.69) is 31.2 Å². The van der Waals surface area contributed by atoms with Crippen molar-refractivity contribution in [2.24, 2.45) is 0 Å². The average Bonchev–Trinajstić information content (AvgIpc) is 2.56. The van der Waals surface area contributed by atoms with E-state index < -0.39 is 0 Å². The predicted octanol–water partition coefficient (Wildman–Crippen LogP) is 3.62. The maximum atomic E-state index is 12.8. The first-order valence-corrected chi connectivity index (χ1v) is 8.19. The summed E-state index contributed by atoms with van der Waals surface area (Å²) in [6, 6.07) is 13.6. The molecule has 1 aliphatic rings. The topological polar surface area (TPSA) is 60.9 Å². The number of anilines is 1. The van der Waals surface area contributed by atoms with E-state index in [0.29, 0.717) is 23.1 Å². The molecular weight excluding hydrogens is 298 g/mol. The molecule has 0 spiro atoms. The molecule has 2 aromatic carbocycles. The summed E-state index contributed by atoms with van der Waals surface area (Å²) in [5, 5.41) is 0.629. The SMILES string of the molecule is Cc1cccc(/C=C2\CCCn3c2nc2cc(N)ccc2c3=O)c1. The second-order valence-electron chi connectivity index (χ2n) is 6.36. The normalized spacial score (nSPS) is 15.6. The lowest BCUT2D eigenvalue weighted by molar-refractivity contribution is 0.587. The van der Waals surface area contributed by atoms with Gasteiger partial charge in [-0.05, 0) is 55.2 Å². The van der Waals surface area contributed by atoms with Gasteiger partial charge in [-0.25, -0.2) is 4.98 Å². The third-order valence-electron chi connectivity index (χ3n) is 4.48. The molecule has 0 saturated carbocycles. The van der Waals surface area contributed by atoms with E-state index in [-0.39, 0.29) is 5.56 Å². The summed E-state index contributed by atoms with van der Waals surface area (Å²) >= 11 is 0. The number of benzene rings is 2. The third kappa shape index (κ3) is 2.50. The van der Waals surface area contributed by atoms with Crippen molar-refractivity contribution in [3.8, 4) is 0 Å². The van der Waals surface area contributed by atoms with Gasteiger partial charge >= 0.3 is 0 Å². The van der Waals surface area contributed by atoms with Crippen LogP contribution in [-0.2, 0) is 6.54 Å². The first-order chi connectivity index (χ1) is 11.6. The maximum Gasteiger partial charge on any atom is 0.261 e. The zero-order valence-electron chi connectivity index (χ0n) is 13.6. The number of hydrogen-bond donors (Lipinski definition) is 1. The van der Waals surface area contributed by atoms with Crippen molar-refractivity contribution in [1.29, 1.82) is 0 Å². The third-order valence-corrected chi connectivity index (χ3v) is 4.48. The van der Waals surface area contributed by atoms with E-state index in [1.54, 1.807) is 22.8 Å². The molecule has 0 unspecified atom stereocenters. The van der Waals surface area contributed by atoms with Crippen LogP contribution in [0.15, 0.2) is 47.3 Å². The number of rotatable bonds is 1. The Kier molecular flexibility index (Phi) is 3.45. The molecule has 0 saturated heterocycles. The lowest BCUT2D eigenvalue weighted by Crippen LogP contribution is -2.27. The van der Waals surface area contributed by atoms with Crippen LogP contribution in [-0.4, -0.2) is 9.55 Å². The first-order valence-electron chi connectivity index (χ1n) is 8.19.